The summed E-state index contributed by atoms with van der Waals surface area (Å²) in [4.78, 5) is 22.3. The number of nitrogens with zero attached hydrogens (tertiary/aromatic N) is 2. The summed E-state index contributed by atoms with van der Waals surface area (Å²) < 4.78 is 0. The second-order valence-corrected chi connectivity index (χ2v) is 5.65. The van der Waals surface area contributed by atoms with Crippen molar-refractivity contribution in [1.82, 2.24) is 9.97 Å². The van der Waals surface area contributed by atoms with Crippen LogP contribution in [0, 0.1) is 13.8 Å². The van der Waals surface area contributed by atoms with Gasteiger partial charge in [-0.15, -0.1) is 11.3 Å². The highest BCUT2D eigenvalue weighted by molar-refractivity contribution is 7.21. The molecule has 3 heterocycles. The normalized spacial score (nSPS) is 10.9. The number of ketones is 1. The highest BCUT2D eigenvalue weighted by Crippen LogP contribution is 2.35. The van der Waals surface area contributed by atoms with Crippen molar-refractivity contribution in [3.8, 4) is 0 Å². The van der Waals surface area contributed by atoms with E-state index in [2.05, 4.69) is 9.97 Å². The number of hydrogen-bond acceptors (Lipinski definition) is 5. The maximum absolute atomic E-state index is 12.5. The minimum absolute atomic E-state index is 0.150. The molecule has 0 aromatic carbocycles. The topological polar surface area (TPSA) is 68.9 Å². The smallest absolute Gasteiger partial charge is 0.223 e. The average molecular weight is 283 g/mol. The summed E-state index contributed by atoms with van der Waals surface area (Å²) in [5.41, 5.74) is 9.03. The summed E-state index contributed by atoms with van der Waals surface area (Å²) in [6.45, 7) is 3.91. The molecule has 3 aromatic rings. The fourth-order valence-corrected chi connectivity index (χ4v) is 3.42. The monoisotopic (exact) mass is 283 g/mol. The van der Waals surface area contributed by atoms with Gasteiger partial charge in [0.25, 0.3) is 0 Å². The van der Waals surface area contributed by atoms with Gasteiger partial charge < -0.3 is 5.73 Å². The number of fused-ring (bicyclic) bond motifs is 1. The van der Waals surface area contributed by atoms with Crippen LogP contribution in [0.1, 0.15) is 26.6 Å². The molecule has 3 rings (SSSR count). The van der Waals surface area contributed by atoms with Crippen LogP contribution in [0.15, 0.2) is 30.5 Å². The van der Waals surface area contributed by atoms with Gasteiger partial charge in [-0.1, -0.05) is 6.07 Å². The molecular formula is C15H13N3OS. The molecule has 0 fully saturated rings. The highest BCUT2D eigenvalue weighted by Gasteiger charge is 2.20. The molecular weight excluding hydrogens is 270 g/mol. The van der Waals surface area contributed by atoms with Gasteiger partial charge in [0.15, 0.2) is 0 Å². The van der Waals surface area contributed by atoms with Crippen molar-refractivity contribution in [2.24, 2.45) is 0 Å². The molecule has 3 aromatic heterocycles. The van der Waals surface area contributed by atoms with Gasteiger partial charge in [0.2, 0.25) is 5.78 Å². The number of aromatic nitrogens is 2. The lowest BCUT2D eigenvalue weighted by Gasteiger charge is -2.00. The maximum atomic E-state index is 12.5. The van der Waals surface area contributed by atoms with Crippen molar-refractivity contribution in [2.45, 2.75) is 13.8 Å². The first-order chi connectivity index (χ1) is 9.58. The Hall–Kier alpha value is -2.27. The van der Waals surface area contributed by atoms with Crippen LogP contribution < -0.4 is 5.73 Å². The van der Waals surface area contributed by atoms with E-state index >= 15 is 0 Å². The predicted molar refractivity (Wildman–Crippen MR) is 81.2 cm³/mol. The number of carbonyl (C=O) groups excluding carboxylic acids is 1. The van der Waals surface area contributed by atoms with E-state index < -0.39 is 0 Å². The number of rotatable bonds is 2. The number of hydrogen-bond donors (Lipinski definition) is 1. The summed E-state index contributed by atoms with van der Waals surface area (Å²) >= 11 is 1.33. The molecule has 0 atom stereocenters. The van der Waals surface area contributed by atoms with Gasteiger partial charge in [-0.3, -0.25) is 9.78 Å². The van der Waals surface area contributed by atoms with E-state index in [9.17, 15) is 4.79 Å². The number of thiophene rings is 1. The molecule has 0 amide bonds. The predicted octanol–water partition coefficient (Wildman–Crippen LogP) is 3.12. The van der Waals surface area contributed by atoms with Crippen LogP contribution >= 0.6 is 11.3 Å². The lowest BCUT2D eigenvalue weighted by molar-refractivity contribution is 0.103. The molecule has 0 aliphatic heterocycles. The van der Waals surface area contributed by atoms with Gasteiger partial charge in [0, 0.05) is 17.3 Å². The zero-order valence-electron chi connectivity index (χ0n) is 11.2. The second-order valence-electron chi connectivity index (χ2n) is 4.65. The lowest BCUT2D eigenvalue weighted by atomic mass is 10.1. The van der Waals surface area contributed by atoms with E-state index in [-0.39, 0.29) is 5.78 Å². The Balaban J connectivity index is 2.21. The Morgan fingerprint density at radius 3 is 2.80 bits per heavy atom. The third-order valence-corrected chi connectivity index (χ3v) is 4.23. The van der Waals surface area contributed by atoms with Crippen LogP contribution in [0.5, 0.6) is 0 Å². The lowest BCUT2D eigenvalue weighted by Crippen LogP contribution is -2.04. The van der Waals surface area contributed by atoms with E-state index in [4.69, 9.17) is 5.73 Å². The molecule has 100 valence electrons. The molecule has 5 heteroatoms. The highest BCUT2D eigenvalue weighted by atomic mass is 32.1. The van der Waals surface area contributed by atoms with E-state index in [0.717, 1.165) is 21.5 Å². The van der Waals surface area contributed by atoms with E-state index in [1.165, 1.54) is 11.3 Å². The Kier molecular flexibility index (Phi) is 2.99. The van der Waals surface area contributed by atoms with Crippen molar-refractivity contribution < 1.29 is 4.79 Å². The number of nitrogen functional groups attached to an aromatic ring is 1. The molecule has 0 aliphatic carbocycles. The standard InChI is InChI=1S/C15H13N3OS/c1-8-7-9(2)18-15-11(8)12(16)14(20-15)13(19)10-5-3-4-6-17-10/h3-7H,16H2,1-2H3. The summed E-state index contributed by atoms with van der Waals surface area (Å²) in [7, 11) is 0. The van der Waals surface area contributed by atoms with Crippen LogP contribution in [0.2, 0.25) is 0 Å². The van der Waals surface area contributed by atoms with Crippen molar-refractivity contribution in [2.75, 3.05) is 5.73 Å². The Morgan fingerprint density at radius 1 is 1.30 bits per heavy atom. The average Bonchev–Trinajstić information content (AvgIpc) is 2.76. The van der Waals surface area contributed by atoms with Crippen LogP contribution in [0.25, 0.3) is 10.2 Å². The summed E-state index contributed by atoms with van der Waals surface area (Å²) in [5, 5.41) is 0.875. The molecule has 0 aliphatic rings. The first-order valence-corrected chi connectivity index (χ1v) is 7.01. The van der Waals surface area contributed by atoms with Crippen LogP contribution in [0.3, 0.4) is 0 Å². The summed E-state index contributed by atoms with van der Waals surface area (Å²) in [6, 6.07) is 7.23. The number of aryl methyl sites for hydroxylation is 2. The van der Waals surface area contributed by atoms with Crippen molar-refractivity contribution >= 4 is 33.0 Å². The van der Waals surface area contributed by atoms with E-state index in [0.29, 0.717) is 16.3 Å². The number of anilines is 1. The number of carbonyl (C=O) groups is 1. The van der Waals surface area contributed by atoms with Crippen LogP contribution in [0.4, 0.5) is 5.69 Å². The van der Waals surface area contributed by atoms with Gasteiger partial charge >= 0.3 is 0 Å². The Labute approximate surface area is 120 Å². The first-order valence-electron chi connectivity index (χ1n) is 6.20. The molecule has 0 unspecified atom stereocenters. The molecule has 0 spiro atoms. The Morgan fingerprint density at radius 2 is 2.10 bits per heavy atom. The largest absolute Gasteiger partial charge is 0.397 e. The zero-order valence-corrected chi connectivity index (χ0v) is 12.0. The van der Waals surface area contributed by atoms with Crippen LogP contribution in [-0.4, -0.2) is 15.8 Å². The number of pyridine rings is 2. The minimum atomic E-state index is -0.150. The maximum Gasteiger partial charge on any atom is 0.223 e. The molecule has 0 radical (unpaired) electrons. The van der Waals surface area contributed by atoms with Gasteiger partial charge in [0.1, 0.15) is 15.4 Å². The third kappa shape index (κ3) is 1.96. The SMILES string of the molecule is Cc1cc(C)c2c(N)c(C(=O)c3ccccn3)sc2n1. The van der Waals surface area contributed by atoms with Gasteiger partial charge in [0.05, 0.1) is 5.69 Å². The van der Waals surface area contributed by atoms with Crippen LogP contribution in [-0.2, 0) is 0 Å². The fourth-order valence-electron chi connectivity index (χ4n) is 2.25. The third-order valence-electron chi connectivity index (χ3n) is 3.13. The molecule has 2 N–H and O–H groups in total. The van der Waals surface area contributed by atoms with Crippen molar-refractivity contribution in [3.05, 3.63) is 52.3 Å². The van der Waals surface area contributed by atoms with Crippen molar-refractivity contribution in [3.63, 3.8) is 0 Å². The fraction of sp³-hybridized carbons (Fsp3) is 0.133. The summed E-state index contributed by atoms with van der Waals surface area (Å²) in [6.07, 6.45) is 1.60. The number of nitrogens with two attached hydrogens (primary N) is 1. The molecule has 0 bridgehead atoms. The second kappa shape index (κ2) is 4.68. The molecule has 4 nitrogen and oxygen atoms in total. The minimum Gasteiger partial charge on any atom is -0.397 e. The van der Waals surface area contributed by atoms with Gasteiger partial charge in [-0.25, -0.2) is 4.98 Å². The molecule has 20 heavy (non-hydrogen) atoms. The quantitative estimate of drug-likeness (QED) is 0.734. The van der Waals surface area contributed by atoms with Gasteiger partial charge in [-0.05, 0) is 37.6 Å². The van der Waals surface area contributed by atoms with E-state index in [1.54, 1.807) is 24.4 Å². The summed E-state index contributed by atoms with van der Waals surface area (Å²) in [5.74, 6) is -0.150. The first kappa shape index (κ1) is 12.7. The van der Waals surface area contributed by atoms with Gasteiger partial charge in [-0.2, -0.15) is 0 Å². The van der Waals surface area contributed by atoms with Crippen molar-refractivity contribution in [1.29, 1.82) is 0 Å². The molecule has 0 saturated carbocycles. The molecule has 0 saturated heterocycles. The zero-order chi connectivity index (χ0) is 14.3. The Bertz CT molecular complexity index is 809. The van der Waals surface area contributed by atoms with E-state index in [1.807, 2.05) is 19.9 Å².